The highest BCUT2D eigenvalue weighted by molar-refractivity contribution is 5.74. The van der Waals surface area contributed by atoms with Gasteiger partial charge in [0.1, 0.15) is 5.82 Å². The third kappa shape index (κ3) is 2.17. The molecule has 0 aliphatic heterocycles. The van der Waals surface area contributed by atoms with E-state index in [1.165, 1.54) is 22.3 Å². The Hall–Kier alpha value is -2.35. The molecule has 0 atom stereocenters. The number of aromatic amines is 1. The van der Waals surface area contributed by atoms with Gasteiger partial charge in [0.05, 0.1) is 0 Å². The van der Waals surface area contributed by atoms with E-state index in [0.717, 1.165) is 11.4 Å². The van der Waals surface area contributed by atoms with Crippen LogP contribution in [0, 0.1) is 13.8 Å². The van der Waals surface area contributed by atoms with Gasteiger partial charge >= 0.3 is 0 Å². The van der Waals surface area contributed by atoms with Gasteiger partial charge in [0.2, 0.25) is 0 Å². The third-order valence-electron chi connectivity index (χ3n) is 3.40. The number of aromatic nitrogens is 2. The summed E-state index contributed by atoms with van der Waals surface area (Å²) in [7, 11) is 0. The molecular weight excluding hydrogens is 232 g/mol. The molecule has 1 N–H and O–H groups in total. The summed E-state index contributed by atoms with van der Waals surface area (Å²) in [5, 5.41) is 0. The lowest BCUT2D eigenvalue weighted by Gasteiger charge is -2.10. The van der Waals surface area contributed by atoms with Gasteiger partial charge < -0.3 is 4.98 Å². The molecule has 2 heteroatoms. The van der Waals surface area contributed by atoms with Crippen LogP contribution in [0.15, 0.2) is 54.9 Å². The zero-order valence-corrected chi connectivity index (χ0v) is 11.1. The second kappa shape index (κ2) is 4.73. The minimum atomic E-state index is 0.910. The predicted molar refractivity (Wildman–Crippen MR) is 78.9 cm³/mol. The predicted octanol–water partition coefficient (Wildman–Crippen LogP) is 4.36. The lowest BCUT2D eigenvalue weighted by atomic mass is 9.94. The highest BCUT2D eigenvalue weighted by Gasteiger charge is 2.07. The number of nitrogens with zero attached hydrogens (tertiary/aromatic N) is 1. The maximum absolute atomic E-state index is 4.31. The van der Waals surface area contributed by atoms with Crippen molar-refractivity contribution in [2.24, 2.45) is 0 Å². The monoisotopic (exact) mass is 248 g/mol. The van der Waals surface area contributed by atoms with Gasteiger partial charge in [-0.2, -0.15) is 0 Å². The standard InChI is InChI=1S/C17H16N2/c1-12-5-3-6-13(2)16(12)14-7-4-8-15(11-14)17-18-9-10-19-17/h3-11H,1-2H3,(H,18,19). The highest BCUT2D eigenvalue weighted by atomic mass is 14.9. The van der Waals surface area contributed by atoms with E-state index in [0.29, 0.717) is 0 Å². The molecule has 0 amide bonds. The Morgan fingerprint density at radius 3 is 2.26 bits per heavy atom. The fourth-order valence-corrected chi connectivity index (χ4v) is 2.51. The van der Waals surface area contributed by atoms with Gasteiger partial charge in [0.25, 0.3) is 0 Å². The van der Waals surface area contributed by atoms with Crippen LogP contribution < -0.4 is 0 Å². The van der Waals surface area contributed by atoms with Gasteiger partial charge in [-0.25, -0.2) is 4.98 Å². The number of H-pyrrole nitrogens is 1. The Kier molecular flexibility index (Phi) is 2.92. The second-order valence-electron chi connectivity index (χ2n) is 4.79. The molecule has 0 radical (unpaired) electrons. The Morgan fingerprint density at radius 1 is 0.895 bits per heavy atom. The van der Waals surface area contributed by atoms with Crippen LogP contribution in [-0.4, -0.2) is 9.97 Å². The van der Waals surface area contributed by atoms with Crippen molar-refractivity contribution >= 4 is 0 Å². The Bertz CT molecular complexity index is 677. The Balaban J connectivity index is 2.14. The van der Waals surface area contributed by atoms with E-state index in [9.17, 15) is 0 Å². The van der Waals surface area contributed by atoms with Crippen LogP contribution in [0.4, 0.5) is 0 Å². The number of nitrogens with one attached hydrogen (secondary N) is 1. The Labute approximate surface area is 113 Å². The average Bonchev–Trinajstić information content (AvgIpc) is 2.93. The lowest BCUT2D eigenvalue weighted by molar-refractivity contribution is 1.31. The van der Waals surface area contributed by atoms with Crippen LogP contribution >= 0.6 is 0 Å². The number of hydrogen-bond acceptors (Lipinski definition) is 1. The van der Waals surface area contributed by atoms with E-state index in [-0.39, 0.29) is 0 Å². The van der Waals surface area contributed by atoms with Crippen molar-refractivity contribution in [3.63, 3.8) is 0 Å². The van der Waals surface area contributed by atoms with Crippen molar-refractivity contribution < 1.29 is 0 Å². The van der Waals surface area contributed by atoms with Crippen molar-refractivity contribution in [1.82, 2.24) is 9.97 Å². The van der Waals surface area contributed by atoms with E-state index < -0.39 is 0 Å². The van der Waals surface area contributed by atoms with Crippen LogP contribution in [0.1, 0.15) is 11.1 Å². The molecule has 19 heavy (non-hydrogen) atoms. The molecule has 0 bridgehead atoms. The summed E-state index contributed by atoms with van der Waals surface area (Å²) >= 11 is 0. The summed E-state index contributed by atoms with van der Waals surface area (Å²) < 4.78 is 0. The minimum absolute atomic E-state index is 0.910. The van der Waals surface area contributed by atoms with E-state index in [1.807, 2.05) is 6.20 Å². The molecule has 1 heterocycles. The maximum atomic E-state index is 4.31. The van der Waals surface area contributed by atoms with Crippen molar-refractivity contribution in [2.45, 2.75) is 13.8 Å². The smallest absolute Gasteiger partial charge is 0.137 e. The first kappa shape index (κ1) is 11.7. The molecular formula is C17H16N2. The summed E-state index contributed by atoms with van der Waals surface area (Å²) in [6.45, 7) is 4.31. The van der Waals surface area contributed by atoms with Gasteiger partial charge in [-0.15, -0.1) is 0 Å². The molecule has 0 fully saturated rings. The lowest BCUT2D eigenvalue weighted by Crippen LogP contribution is -1.89. The molecule has 0 unspecified atom stereocenters. The molecule has 0 aliphatic rings. The van der Waals surface area contributed by atoms with Crippen LogP contribution in [-0.2, 0) is 0 Å². The zero-order valence-electron chi connectivity index (χ0n) is 11.1. The third-order valence-corrected chi connectivity index (χ3v) is 3.40. The molecule has 0 saturated heterocycles. The van der Waals surface area contributed by atoms with Gasteiger partial charge in [-0.05, 0) is 42.2 Å². The number of benzene rings is 2. The Morgan fingerprint density at radius 2 is 1.58 bits per heavy atom. The molecule has 0 spiro atoms. The number of rotatable bonds is 2. The molecule has 2 aromatic carbocycles. The van der Waals surface area contributed by atoms with Crippen LogP contribution in [0.25, 0.3) is 22.5 Å². The van der Waals surface area contributed by atoms with Crippen molar-refractivity contribution in [3.8, 4) is 22.5 Å². The van der Waals surface area contributed by atoms with Gasteiger partial charge in [0, 0.05) is 18.0 Å². The minimum Gasteiger partial charge on any atom is -0.345 e. The van der Waals surface area contributed by atoms with Crippen LogP contribution in [0.5, 0.6) is 0 Å². The van der Waals surface area contributed by atoms with E-state index in [4.69, 9.17) is 0 Å². The molecule has 3 aromatic rings. The molecule has 0 aliphatic carbocycles. The van der Waals surface area contributed by atoms with E-state index in [2.05, 4.69) is 66.3 Å². The summed E-state index contributed by atoms with van der Waals surface area (Å²) in [5.41, 5.74) is 6.28. The van der Waals surface area contributed by atoms with Crippen LogP contribution in [0.2, 0.25) is 0 Å². The zero-order chi connectivity index (χ0) is 13.2. The molecule has 1 aromatic heterocycles. The van der Waals surface area contributed by atoms with Gasteiger partial charge in [0.15, 0.2) is 0 Å². The summed E-state index contributed by atoms with van der Waals surface area (Å²) in [4.78, 5) is 7.46. The molecule has 3 rings (SSSR count). The summed E-state index contributed by atoms with van der Waals surface area (Å²) in [5.74, 6) is 0.910. The molecule has 0 saturated carbocycles. The topological polar surface area (TPSA) is 28.7 Å². The largest absolute Gasteiger partial charge is 0.345 e. The van der Waals surface area contributed by atoms with E-state index in [1.54, 1.807) is 6.20 Å². The number of imidazole rings is 1. The van der Waals surface area contributed by atoms with E-state index >= 15 is 0 Å². The number of hydrogen-bond donors (Lipinski definition) is 1. The number of aryl methyl sites for hydroxylation is 2. The van der Waals surface area contributed by atoms with Crippen molar-refractivity contribution in [2.75, 3.05) is 0 Å². The van der Waals surface area contributed by atoms with Crippen LogP contribution in [0.3, 0.4) is 0 Å². The molecule has 2 nitrogen and oxygen atoms in total. The summed E-state index contributed by atoms with van der Waals surface area (Å²) in [6, 6.07) is 14.9. The van der Waals surface area contributed by atoms with Crippen molar-refractivity contribution in [1.29, 1.82) is 0 Å². The van der Waals surface area contributed by atoms with Gasteiger partial charge in [-0.3, -0.25) is 0 Å². The fourth-order valence-electron chi connectivity index (χ4n) is 2.51. The first-order chi connectivity index (χ1) is 9.25. The summed E-state index contributed by atoms with van der Waals surface area (Å²) in [6.07, 6.45) is 3.63. The second-order valence-corrected chi connectivity index (χ2v) is 4.79. The normalized spacial score (nSPS) is 10.6. The fraction of sp³-hybridized carbons (Fsp3) is 0.118. The van der Waals surface area contributed by atoms with Gasteiger partial charge in [-0.1, -0.05) is 36.4 Å². The quantitative estimate of drug-likeness (QED) is 0.717. The highest BCUT2D eigenvalue weighted by Crippen LogP contribution is 2.29. The maximum Gasteiger partial charge on any atom is 0.137 e. The first-order valence-corrected chi connectivity index (χ1v) is 6.42. The average molecular weight is 248 g/mol. The van der Waals surface area contributed by atoms with Crippen molar-refractivity contribution in [3.05, 3.63) is 66.0 Å². The molecule has 94 valence electrons. The SMILES string of the molecule is Cc1cccc(C)c1-c1cccc(-c2ncc[nH]2)c1. The first-order valence-electron chi connectivity index (χ1n) is 6.42.